The minimum atomic E-state index is -0.957. The zero-order valence-corrected chi connectivity index (χ0v) is 19.6. The van der Waals surface area contributed by atoms with Gasteiger partial charge in [-0.2, -0.15) is 0 Å². The first-order valence-electron chi connectivity index (χ1n) is 10.8. The van der Waals surface area contributed by atoms with Crippen molar-refractivity contribution in [2.45, 2.75) is 44.4 Å². The van der Waals surface area contributed by atoms with E-state index in [1.165, 1.54) is 6.07 Å². The van der Waals surface area contributed by atoms with E-state index in [9.17, 15) is 14.6 Å². The van der Waals surface area contributed by atoms with Crippen LogP contribution in [0.15, 0.2) is 47.2 Å². The number of pyridine rings is 2. The molecule has 1 fully saturated rings. The van der Waals surface area contributed by atoms with Gasteiger partial charge in [0.05, 0.1) is 22.1 Å². The smallest absolute Gasteiger partial charge is 0.142 e. The Morgan fingerprint density at radius 2 is 2.00 bits per heavy atom. The molecule has 3 aromatic heterocycles. The van der Waals surface area contributed by atoms with Crippen LogP contribution in [0.25, 0.3) is 21.9 Å². The van der Waals surface area contributed by atoms with E-state index in [4.69, 9.17) is 11.5 Å². The normalized spacial score (nSPS) is 25.3. The first kappa shape index (κ1) is 22.1. The fourth-order valence-corrected chi connectivity index (χ4v) is 5.37. The number of aryl methyl sites for hydroxylation is 1. The molecule has 4 aromatic rings. The second-order valence-corrected chi connectivity index (χ2v) is 10.1. The molecule has 1 aliphatic carbocycles. The summed E-state index contributed by atoms with van der Waals surface area (Å²) in [7, 11) is 0. The Morgan fingerprint density at radius 1 is 1.21 bits per heavy atom. The van der Waals surface area contributed by atoms with E-state index < -0.39 is 17.6 Å². The maximum absolute atomic E-state index is 14.7. The summed E-state index contributed by atoms with van der Waals surface area (Å²) in [4.78, 5) is 8.71. The van der Waals surface area contributed by atoms with Crippen molar-refractivity contribution in [3.63, 3.8) is 0 Å². The lowest BCUT2D eigenvalue weighted by Crippen LogP contribution is -2.35. The molecule has 0 bridgehead atoms. The van der Waals surface area contributed by atoms with Crippen LogP contribution in [0.4, 0.5) is 15.9 Å². The second kappa shape index (κ2) is 7.93. The predicted octanol–water partition coefficient (Wildman–Crippen LogP) is 3.96. The number of hydrogen-bond donors (Lipinski definition) is 4. The largest absolute Gasteiger partial charge is 0.398 e. The quantitative estimate of drug-likeness (QED) is 0.327. The van der Waals surface area contributed by atoms with E-state index in [2.05, 4.69) is 25.9 Å². The molecule has 1 saturated carbocycles. The SMILES string of the molecule is C[C@]1(CCc2cc(F)c3cc(Br)c(N)nc3c2)C[C@@H](n2ccc3c(N)ccnc32)[C@H](O)[C@@H]1O. The number of nitrogens with two attached hydrogens (primary N) is 2. The Balaban J connectivity index is 1.40. The van der Waals surface area contributed by atoms with Crippen LogP contribution in [0, 0.1) is 11.2 Å². The third-order valence-corrected chi connectivity index (χ3v) is 7.66. The molecule has 0 spiro atoms. The van der Waals surface area contributed by atoms with Crippen LogP contribution in [-0.2, 0) is 6.42 Å². The predicted molar refractivity (Wildman–Crippen MR) is 130 cm³/mol. The lowest BCUT2D eigenvalue weighted by atomic mass is 9.80. The van der Waals surface area contributed by atoms with Crippen molar-refractivity contribution >= 4 is 49.4 Å². The highest BCUT2D eigenvalue weighted by atomic mass is 79.9. The van der Waals surface area contributed by atoms with E-state index in [0.717, 1.165) is 10.9 Å². The van der Waals surface area contributed by atoms with Crippen LogP contribution < -0.4 is 11.5 Å². The number of nitrogens with zero attached hydrogens (tertiary/aromatic N) is 3. The third kappa shape index (κ3) is 3.64. The average molecular weight is 514 g/mol. The molecule has 0 aliphatic heterocycles. The molecule has 9 heteroatoms. The van der Waals surface area contributed by atoms with Gasteiger partial charge in [-0.05, 0) is 76.5 Å². The topological polar surface area (TPSA) is 123 Å². The molecule has 0 unspecified atom stereocenters. The maximum Gasteiger partial charge on any atom is 0.142 e. The molecule has 3 heterocycles. The van der Waals surface area contributed by atoms with E-state index in [1.807, 2.05) is 29.8 Å². The van der Waals surface area contributed by atoms with Gasteiger partial charge in [0.25, 0.3) is 0 Å². The third-order valence-electron chi connectivity index (χ3n) is 7.02. The van der Waals surface area contributed by atoms with Crippen molar-refractivity contribution in [3.05, 3.63) is 58.6 Å². The number of rotatable bonds is 4. The highest BCUT2D eigenvalue weighted by Crippen LogP contribution is 2.48. The van der Waals surface area contributed by atoms with Crippen molar-refractivity contribution in [2.75, 3.05) is 11.5 Å². The van der Waals surface area contributed by atoms with Gasteiger partial charge in [-0.25, -0.2) is 14.4 Å². The number of anilines is 2. The summed E-state index contributed by atoms with van der Waals surface area (Å²) in [6, 6.07) is 8.22. The molecule has 6 N–H and O–H groups in total. The number of nitrogen functional groups attached to an aromatic ring is 2. The zero-order chi connectivity index (χ0) is 23.5. The van der Waals surface area contributed by atoms with Gasteiger partial charge < -0.3 is 26.2 Å². The lowest BCUT2D eigenvalue weighted by molar-refractivity contribution is -0.0241. The molecule has 33 heavy (non-hydrogen) atoms. The van der Waals surface area contributed by atoms with E-state index >= 15 is 0 Å². The molecule has 1 aromatic carbocycles. The molecule has 0 amide bonds. The molecule has 0 saturated heterocycles. The number of hydrogen-bond acceptors (Lipinski definition) is 6. The van der Waals surface area contributed by atoms with Crippen LogP contribution in [0.1, 0.15) is 31.4 Å². The van der Waals surface area contributed by atoms with E-state index in [0.29, 0.717) is 51.8 Å². The van der Waals surface area contributed by atoms with Crippen LogP contribution in [0.2, 0.25) is 0 Å². The fourth-order valence-electron chi connectivity index (χ4n) is 5.05. The first-order chi connectivity index (χ1) is 15.7. The summed E-state index contributed by atoms with van der Waals surface area (Å²) < 4.78 is 17.2. The minimum Gasteiger partial charge on any atom is -0.398 e. The van der Waals surface area contributed by atoms with Crippen LogP contribution in [0.5, 0.6) is 0 Å². The minimum absolute atomic E-state index is 0.302. The zero-order valence-electron chi connectivity index (χ0n) is 18.0. The molecular formula is C24H25BrFN5O2. The number of aromatic nitrogens is 3. The molecule has 1 aliphatic rings. The summed E-state index contributed by atoms with van der Waals surface area (Å²) in [5, 5.41) is 23.1. The molecule has 4 atom stereocenters. The first-order valence-corrected chi connectivity index (χ1v) is 11.6. The van der Waals surface area contributed by atoms with Gasteiger partial charge in [0.1, 0.15) is 23.4 Å². The van der Waals surface area contributed by atoms with Crippen LogP contribution in [0.3, 0.4) is 0 Å². The highest BCUT2D eigenvalue weighted by molar-refractivity contribution is 9.10. The van der Waals surface area contributed by atoms with E-state index in [-0.39, 0.29) is 11.9 Å². The highest BCUT2D eigenvalue weighted by Gasteiger charge is 2.50. The van der Waals surface area contributed by atoms with Gasteiger partial charge in [-0.3, -0.25) is 0 Å². The van der Waals surface area contributed by atoms with Crippen molar-refractivity contribution in [1.82, 2.24) is 14.5 Å². The molecule has 7 nitrogen and oxygen atoms in total. The Bertz CT molecular complexity index is 1380. The molecule has 5 rings (SSSR count). The molecule has 172 valence electrons. The van der Waals surface area contributed by atoms with E-state index in [1.54, 1.807) is 18.3 Å². The standard InChI is InChI=1S/C24H25BrFN5O2/c1-24(5-2-12-8-16(26)14-10-15(25)22(28)30-18(14)9-12)11-19(20(32)21(24)33)31-7-4-13-17(27)3-6-29-23(13)31/h3-4,6-10,19-21,32-33H,2,5,11H2,1H3,(H2,27,29)(H2,28,30)/t19-,20+,21+,24+/m1/s1. The van der Waals surface area contributed by atoms with Gasteiger partial charge in [-0.1, -0.05) is 6.92 Å². The second-order valence-electron chi connectivity index (χ2n) is 9.22. The number of aliphatic hydroxyl groups excluding tert-OH is 2. The van der Waals surface area contributed by atoms with Gasteiger partial charge >= 0.3 is 0 Å². The van der Waals surface area contributed by atoms with Gasteiger partial charge in [0, 0.05) is 28.9 Å². The van der Waals surface area contributed by atoms with Crippen molar-refractivity contribution in [1.29, 1.82) is 0 Å². The van der Waals surface area contributed by atoms with Gasteiger partial charge in [-0.15, -0.1) is 0 Å². The Hall–Kier alpha value is -2.75. The number of fused-ring (bicyclic) bond motifs is 2. The summed E-state index contributed by atoms with van der Waals surface area (Å²) >= 11 is 3.29. The Labute approximate surface area is 198 Å². The lowest BCUT2D eigenvalue weighted by Gasteiger charge is -2.28. The van der Waals surface area contributed by atoms with Crippen molar-refractivity contribution in [3.8, 4) is 0 Å². The number of aliphatic hydroxyl groups is 2. The van der Waals surface area contributed by atoms with Gasteiger partial charge in [0.2, 0.25) is 0 Å². The Kier molecular flexibility index (Phi) is 5.30. The van der Waals surface area contributed by atoms with Gasteiger partial charge in [0.15, 0.2) is 0 Å². The maximum atomic E-state index is 14.7. The van der Waals surface area contributed by atoms with Crippen LogP contribution in [-0.4, -0.2) is 37.0 Å². The fraction of sp³-hybridized carbons (Fsp3) is 0.333. The summed E-state index contributed by atoms with van der Waals surface area (Å²) in [6.07, 6.45) is 3.23. The Morgan fingerprint density at radius 3 is 2.79 bits per heavy atom. The number of halogens is 2. The summed E-state index contributed by atoms with van der Waals surface area (Å²) in [6.45, 7) is 1.96. The number of benzene rings is 1. The van der Waals surface area contributed by atoms with Crippen molar-refractivity contribution < 1.29 is 14.6 Å². The van der Waals surface area contributed by atoms with Crippen molar-refractivity contribution in [2.24, 2.45) is 5.41 Å². The molecular weight excluding hydrogens is 489 g/mol. The molecule has 0 radical (unpaired) electrons. The monoisotopic (exact) mass is 513 g/mol. The summed E-state index contributed by atoms with van der Waals surface area (Å²) in [5.74, 6) is -0.0652. The summed E-state index contributed by atoms with van der Waals surface area (Å²) in [5.41, 5.74) is 13.9. The van der Waals surface area contributed by atoms with Crippen LogP contribution >= 0.6 is 15.9 Å². The average Bonchev–Trinajstić information content (AvgIpc) is 3.30.